The molecule has 0 saturated heterocycles. The van der Waals surface area contributed by atoms with Gasteiger partial charge in [-0.2, -0.15) is 0 Å². The van der Waals surface area contributed by atoms with Crippen LogP contribution in [0.5, 0.6) is 11.5 Å². The van der Waals surface area contributed by atoms with E-state index >= 15 is 0 Å². The van der Waals surface area contributed by atoms with Crippen molar-refractivity contribution in [2.24, 2.45) is 0 Å². The molecule has 18 heavy (non-hydrogen) atoms. The molecule has 0 saturated carbocycles. The molecule has 7 heteroatoms. The Morgan fingerprint density at radius 1 is 1.22 bits per heavy atom. The van der Waals surface area contributed by atoms with Crippen LogP contribution in [0, 0.1) is 6.92 Å². The molecule has 2 aromatic rings. The Kier molecular flexibility index (Phi) is 3.42. The zero-order chi connectivity index (χ0) is 13.1. The third-order valence-electron chi connectivity index (χ3n) is 2.51. The highest BCUT2D eigenvalue weighted by molar-refractivity contribution is 5.53. The van der Waals surface area contributed by atoms with Gasteiger partial charge in [-0.3, -0.25) is 0 Å². The quantitative estimate of drug-likeness (QED) is 0.849. The second kappa shape index (κ2) is 5.01. The third-order valence-corrected chi connectivity index (χ3v) is 2.51. The summed E-state index contributed by atoms with van der Waals surface area (Å²) in [6.45, 7) is 1.66. The van der Waals surface area contributed by atoms with Crippen LogP contribution in [0.4, 0.5) is 0 Å². The fraction of sp³-hybridized carbons (Fsp3) is 0.364. The summed E-state index contributed by atoms with van der Waals surface area (Å²) in [6, 6.07) is 3.59. The molecule has 1 heterocycles. The lowest BCUT2D eigenvalue weighted by molar-refractivity contribution is 0.271. The molecule has 0 radical (unpaired) electrons. The summed E-state index contributed by atoms with van der Waals surface area (Å²) >= 11 is 0. The minimum atomic E-state index is -0.259. The van der Waals surface area contributed by atoms with Crippen LogP contribution < -0.4 is 9.47 Å². The van der Waals surface area contributed by atoms with E-state index in [0.29, 0.717) is 17.2 Å². The molecule has 1 aromatic heterocycles. The second-order valence-electron chi connectivity index (χ2n) is 3.65. The van der Waals surface area contributed by atoms with Crippen LogP contribution in [0.3, 0.4) is 0 Å². The van der Waals surface area contributed by atoms with Crippen LogP contribution in [0.15, 0.2) is 12.1 Å². The zero-order valence-corrected chi connectivity index (χ0v) is 10.4. The molecule has 0 bridgehead atoms. The number of hydrogen-bond acceptors (Lipinski definition) is 6. The first-order valence-electron chi connectivity index (χ1n) is 5.32. The summed E-state index contributed by atoms with van der Waals surface area (Å²) < 4.78 is 10.5. The molecule has 0 aliphatic heterocycles. The first-order valence-corrected chi connectivity index (χ1v) is 5.32. The van der Waals surface area contributed by atoms with Crippen molar-refractivity contribution < 1.29 is 14.6 Å². The maximum atomic E-state index is 8.93. The molecule has 2 rings (SSSR count). The monoisotopic (exact) mass is 250 g/mol. The van der Waals surface area contributed by atoms with E-state index in [9.17, 15) is 0 Å². The summed E-state index contributed by atoms with van der Waals surface area (Å²) in [5, 5.41) is 20.5. The van der Waals surface area contributed by atoms with E-state index in [4.69, 9.17) is 14.6 Å². The van der Waals surface area contributed by atoms with Gasteiger partial charge in [0.1, 0.15) is 23.8 Å². The number of benzene rings is 1. The van der Waals surface area contributed by atoms with E-state index in [2.05, 4.69) is 15.4 Å². The van der Waals surface area contributed by atoms with E-state index in [1.54, 1.807) is 20.3 Å². The third kappa shape index (κ3) is 2.12. The molecule has 0 aliphatic carbocycles. The summed E-state index contributed by atoms with van der Waals surface area (Å²) in [5.74, 6) is 1.56. The van der Waals surface area contributed by atoms with Crippen molar-refractivity contribution in [1.29, 1.82) is 0 Å². The molecule has 0 fully saturated rings. The van der Waals surface area contributed by atoms with E-state index < -0.39 is 0 Å². The Balaban J connectivity index is 2.54. The second-order valence-corrected chi connectivity index (χ2v) is 3.65. The molecule has 0 aliphatic rings. The van der Waals surface area contributed by atoms with Crippen LogP contribution in [-0.4, -0.2) is 39.5 Å². The van der Waals surface area contributed by atoms with E-state index in [1.165, 1.54) is 4.80 Å². The van der Waals surface area contributed by atoms with Crippen molar-refractivity contribution in [3.63, 3.8) is 0 Å². The van der Waals surface area contributed by atoms with Crippen LogP contribution >= 0.6 is 0 Å². The maximum absolute atomic E-state index is 8.93. The van der Waals surface area contributed by atoms with Crippen molar-refractivity contribution in [3.8, 4) is 17.2 Å². The Morgan fingerprint density at radius 3 is 2.50 bits per heavy atom. The minimum absolute atomic E-state index is 0.247. The molecule has 7 nitrogen and oxygen atoms in total. The van der Waals surface area contributed by atoms with E-state index in [1.807, 2.05) is 13.0 Å². The number of aryl methyl sites for hydroxylation is 1. The molecule has 1 aromatic carbocycles. The number of tetrazole rings is 1. The Bertz CT molecular complexity index is 553. The van der Waals surface area contributed by atoms with Gasteiger partial charge in [-0.25, -0.2) is 0 Å². The average Bonchev–Trinajstić information content (AvgIpc) is 2.87. The number of aliphatic hydroxyl groups is 1. The highest BCUT2D eigenvalue weighted by Gasteiger charge is 2.13. The number of nitrogens with zero attached hydrogens (tertiary/aromatic N) is 4. The van der Waals surface area contributed by atoms with E-state index in [-0.39, 0.29) is 12.4 Å². The van der Waals surface area contributed by atoms with Crippen molar-refractivity contribution in [2.45, 2.75) is 13.5 Å². The number of hydrogen-bond donors (Lipinski definition) is 1. The molecule has 0 atom stereocenters. The fourth-order valence-electron chi connectivity index (χ4n) is 1.60. The number of ether oxygens (including phenoxy) is 2. The summed E-state index contributed by atoms with van der Waals surface area (Å²) in [6.07, 6.45) is 0. The average molecular weight is 250 g/mol. The minimum Gasteiger partial charge on any atom is -0.496 e. The molecular formula is C11H14N4O3. The lowest BCUT2D eigenvalue weighted by Gasteiger charge is -2.11. The normalized spacial score (nSPS) is 10.4. The van der Waals surface area contributed by atoms with Gasteiger partial charge in [-0.05, 0) is 23.8 Å². The molecule has 0 amide bonds. The number of rotatable bonds is 4. The van der Waals surface area contributed by atoms with Gasteiger partial charge in [-0.15, -0.1) is 15.0 Å². The van der Waals surface area contributed by atoms with Gasteiger partial charge in [0.15, 0.2) is 0 Å². The van der Waals surface area contributed by atoms with Crippen LogP contribution in [0.25, 0.3) is 5.69 Å². The lowest BCUT2D eigenvalue weighted by Crippen LogP contribution is -2.04. The first-order chi connectivity index (χ1) is 8.69. The van der Waals surface area contributed by atoms with Crippen LogP contribution in [-0.2, 0) is 6.61 Å². The maximum Gasteiger partial charge on any atom is 0.200 e. The predicted molar refractivity (Wildman–Crippen MR) is 62.9 cm³/mol. The Labute approximate surface area is 104 Å². The number of methoxy groups -OCH3 is 2. The SMILES string of the molecule is COc1cc(-n2nnc(CO)n2)c(OC)cc1C. The topological polar surface area (TPSA) is 82.3 Å². The molecule has 1 N–H and O–H groups in total. The zero-order valence-electron chi connectivity index (χ0n) is 10.4. The smallest absolute Gasteiger partial charge is 0.200 e. The van der Waals surface area contributed by atoms with Crippen molar-refractivity contribution >= 4 is 0 Å². The van der Waals surface area contributed by atoms with Gasteiger partial charge in [0.05, 0.1) is 14.2 Å². The summed E-state index contributed by atoms with van der Waals surface area (Å²) in [7, 11) is 3.15. The summed E-state index contributed by atoms with van der Waals surface area (Å²) in [5.41, 5.74) is 1.55. The molecule has 0 spiro atoms. The largest absolute Gasteiger partial charge is 0.496 e. The van der Waals surface area contributed by atoms with Crippen LogP contribution in [0.2, 0.25) is 0 Å². The predicted octanol–water partition coefficient (Wildman–Crippen LogP) is 0.480. The van der Waals surface area contributed by atoms with Gasteiger partial charge >= 0.3 is 0 Å². The van der Waals surface area contributed by atoms with Crippen molar-refractivity contribution in [1.82, 2.24) is 20.2 Å². The van der Waals surface area contributed by atoms with Crippen molar-refractivity contribution in [3.05, 3.63) is 23.5 Å². The van der Waals surface area contributed by atoms with Gasteiger partial charge in [0.2, 0.25) is 5.82 Å². The number of aromatic nitrogens is 4. The molecular weight excluding hydrogens is 236 g/mol. The Morgan fingerprint density at radius 2 is 1.94 bits per heavy atom. The standard InChI is InChI=1S/C11H14N4O3/c1-7-4-10(18-3)8(5-9(7)17-2)15-13-11(6-16)12-14-15/h4-5,16H,6H2,1-3H3. The van der Waals surface area contributed by atoms with E-state index in [0.717, 1.165) is 5.56 Å². The first kappa shape index (κ1) is 12.3. The molecule has 96 valence electrons. The summed E-state index contributed by atoms with van der Waals surface area (Å²) in [4.78, 5) is 1.30. The molecule has 0 unspecified atom stereocenters. The fourth-order valence-corrected chi connectivity index (χ4v) is 1.60. The van der Waals surface area contributed by atoms with Gasteiger partial charge in [0.25, 0.3) is 0 Å². The number of aliphatic hydroxyl groups excluding tert-OH is 1. The van der Waals surface area contributed by atoms with Gasteiger partial charge < -0.3 is 14.6 Å². The van der Waals surface area contributed by atoms with Gasteiger partial charge in [-0.1, -0.05) is 0 Å². The lowest BCUT2D eigenvalue weighted by atomic mass is 10.2. The van der Waals surface area contributed by atoms with Gasteiger partial charge in [0, 0.05) is 6.07 Å². The van der Waals surface area contributed by atoms with Crippen molar-refractivity contribution in [2.75, 3.05) is 14.2 Å². The Hall–Kier alpha value is -2.15. The highest BCUT2D eigenvalue weighted by atomic mass is 16.5. The highest BCUT2D eigenvalue weighted by Crippen LogP contribution is 2.30. The van der Waals surface area contributed by atoms with Crippen LogP contribution in [0.1, 0.15) is 11.4 Å².